The summed E-state index contributed by atoms with van der Waals surface area (Å²) in [6.45, 7) is 17.3. The van der Waals surface area contributed by atoms with Gasteiger partial charge in [0, 0.05) is 11.6 Å². The van der Waals surface area contributed by atoms with Crippen molar-refractivity contribution >= 4 is 0 Å². The Morgan fingerprint density at radius 2 is 1.57 bits per heavy atom. The molecule has 120 valence electrons. The third-order valence-electron chi connectivity index (χ3n) is 4.43. The maximum Gasteiger partial charge on any atom is 0.124 e. The molecule has 0 heterocycles. The van der Waals surface area contributed by atoms with Gasteiger partial charge in [-0.15, -0.1) is 0 Å². The van der Waals surface area contributed by atoms with Crippen molar-refractivity contribution in [1.29, 1.82) is 0 Å². The Bertz CT molecular complexity index is 492. The summed E-state index contributed by atoms with van der Waals surface area (Å²) in [6.07, 6.45) is 1.01. The third kappa shape index (κ3) is 4.00. The summed E-state index contributed by atoms with van der Waals surface area (Å²) < 4.78 is 0. The number of hydrogen-bond donors (Lipinski definition) is 2. The Balaban J connectivity index is 3.56. The molecule has 0 fully saturated rings. The summed E-state index contributed by atoms with van der Waals surface area (Å²) in [5.74, 6) is 0.724. The van der Waals surface area contributed by atoms with Crippen molar-refractivity contribution in [3.63, 3.8) is 0 Å². The SMILES string of the molecule is CCC(C)[C@@H](N)c1cc(C(C)(C)C)cc(C(C)(C)C)c1O. The fourth-order valence-corrected chi connectivity index (χ4v) is 2.48. The van der Waals surface area contributed by atoms with E-state index in [1.165, 1.54) is 5.56 Å². The fourth-order valence-electron chi connectivity index (χ4n) is 2.48. The Labute approximate surface area is 130 Å². The van der Waals surface area contributed by atoms with E-state index in [1.807, 2.05) is 0 Å². The smallest absolute Gasteiger partial charge is 0.124 e. The molecule has 0 bridgehead atoms. The second kappa shape index (κ2) is 6.00. The van der Waals surface area contributed by atoms with Crippen molar-refractivity contribution in [2.24, 2.45) is 11.7 Å². The molecule has 2 nitrogen and oxygen atoms in total. The fraction of sp³-hybridized carbons (Fsp3) is 0.684. The van der Waals surface area contributed by atoms with Crippen molar-refractivity contribution in [2.45, 2.75) is 78.7 Å². The normalized spacial score (nSPS) is 15.9. The number of rotatable bonds is 3. The van der Waals surface area contributed by atoms with Crippen molar-refractivity contribution in [2.75, 3.05) is 0 Å². The molecule has 0 spiro atoms. The molecule has 2 heteroatoms. The Morgan fingerprint density at radius 3 is 1.95 bits per heavy atom. The number of aromatic hydroxyl groups is 1. The van der Waals surface area contributed by atoms with Crippen LogP contribution in [0.2, 0.25) is 0 Å². The summed E-state index contributed by atoms with van der Waals surface area (Å²) in [4.78, 5) is 0. The molecule has 0 aliphatic carbocycles. The van der Waals surface area contributed by atoms with E-state index in [2.05, 4.69) is 67.5 Å². The zero-order valence-electron chi connectivity index (χ0n) is 15.0. The lowest BCUT2D eigenvalue weighted by molar-refractivity contribution is 0.403. The molecule has 0 saturated heterocycles. The van der Waals surface area contributed by atoms with Gasteiger partial charge in [0.2, 0.25) is 0 Å². The van der Waals surface area contributed by atoms with Crippen LogP contribution in [0.15, 0.2) is 12.1 Å². The maximum atomic E-state index is 10.7. The summed E-state index contributed by atoms with van der Waals surface area (Å²) in [5.41, 5.74) is 9.47. The van der Waals surface area contributed by atoms with Crippen LogP contribution < -0.4 is 5.73 Å². The molecule has 1 unspecified atom stereocenters. The van der Waals surface area contributed by atoms with Gasteiger partial charge in [-0.2, -0.15) is 0 Å². The van der Waals surface area contributed by atoms with Crippen molar-refractivity contribution < 1.29 is 5.11 Å². The zero-order valence-corrected chi connectivity index (χ0v) is 15.0. The number of hydrogen-bond acceptors (Lipinski definition) is 2. The maximum absolute atomic E-state index is 10.7. The second-order valence-electron chi connectivity index (χ2n) is 8.37. The lowest BCUT2D eigenvalue weighted by atomic mass is 9.77. The molecule has 0 saturated carbocycles. The second-order valence-corrected chi connectivity index (χ2v) is 8.37. The van der Waals surface area contributed by atoms with E-state index in [4.69, 9.17) is 5.73 Å². The van der Waals surface area contributed by atoms with Gasteiger partial charge in [-0.05, 0) is 33.9 Å². The molecular weight excluding hydrogens is 258 g/mol. The van der Waals surface area contributed by atoms with Crippen LogP contribution in [-0.2, 0) is 10.8 Å². The van der Waals surface area contributed by atoms with Crippen LogP contribution in [0, 0.1) is 5.92 Å². The molecule has 1 rings (SSSR count). The van der Waals surface area contributed by atoms with Gasteiger partial charge in [0.1, 0.15) is 5.75 Å². The van der Waals surface area contributed by atoms with Gasteiger partial charge >= 0.3 is 0 Å². The minimum Gasteiger partial charge on any atom is -0.507 e. The van der Waals surface area contributed by atoms with E-state index in [9.17, 15) is 5.11 Å². The topological polar surface area (TPSA) is 46.2 Å². The molecule has 2 atom stereocenters. The van der Waals surface area contributed by atoms with Crippen molar-refractivity contribution in [3.8, 4) is 5.75 Å². The molecule has 0 aliphatic heterocycles. The minimum atomic E-state index is -0.126. The first-order valence-electron chi connectivity index (χ1n) is 8.03. The highest BCUT2D eigenvalue weighted by atomic mass is 16.3. The Kier molecular flexibility index (Phi) is 5.15. The van der Waals surface area contributed by atoms with E-state index in [-0.39, 0.29) is 16.9 Å². The van der Waals surface area contributed by atoms with Crippen molar-refractivity contribution in [3.05, 3.63) is 28.8 Å². The van der Waals surface area contributed by atoms with E-state index in [1.54, 1.807) is 0 Å². The summed E-state index contributed by atoms with van der Waals surface area (Å²) in [5, 5.41) is 10.7. The van der Waals surface area contributed by atoms with E-state index < -0.39 is 0 Å². The molecule has 0 aliphatic rings. The van der Waals surface area contributed by atoms with Crippen LogP contribution >= 0.6 is 0 Å². The predicted molar refractivity (Wildman–Crippen MR) is 91.9 cm³/mol. The van der Waals surface area contributed by atoms with Gasteiger partial charge in [0.05, 0.1) is 0 Å². The number of benzene rings is 1. The predicted octanol–water partition coefficient (Wildman–Crippen LogP) is 5.03. The van der Waals surface area contributed by atoms with Gasteiger partial charge in [0.15, 0.2) is 0 Å². The van der Waals surface area contributed by atoms with Gasteiger partial charge < -0.3 is 10.8 Å². The van der Waals surface area contributed by atoms with Crippen LogP contribution in [0.3, 0.4) is 0 Å². The molecule has 1 aromatic rings. The summed E-state index contributed by atoms with van der Waals surface area (Å²) in [7, 11) is 0. The van der Waals surface area contributed by atoms with Crippen LogP contribution in [0.4, 0.5) is 0 Å². The van der Waals surface area contributed by atoms with E-state index in [0.717, 1.165) is 17.5 Å². The average molecular weight is 291 g/mol. The highest BCUT2D eigenvalue weighted by Crippen LogP contribution is 2.41. The third-order valence-corrected chi connectivity index (χ3v) is 4.43. The monoisotopic (exact) mass is 291 g/mol. The molecule has 0 aromatic heterocycles. The minimum absolute atomic E-state index is 0.0393. The average Bonchev–Trinajstić information content (AvgIpc) is 2.34. The van der Waals surface area contributed by atoms with Crippen LogP contribution in [0.25, 0.3) is 0 Å². The van der Waals surface area contributed by atoms with Gasteiger partial charge in [-0.1, -0.05) is 67.9 Å². The Morgan fingerprint density at radius 1 is 1.05 bits per heavy atom. The highest BCUT2D eigenvalue weighted by molar-refractivity contribution is 5.50. The van der Waals surface area contributed by atoms with Crippen molar-refractivity contribution in [1.82, 2.24) is 0 Å². The molecule has 21 heavy (non-hydrogen) atoms. The molecule has 3 N–H and O–H groups in total. The zero-order chi connectivity index (χ0) is 16.6. The largest absolute Gasteiger partial charge is 0.507 e. The molecule has 1 aromatic carbocycles. The van der Waals surface area contributed by atoms with Crippen LogP contribution in [0.5, 0.6) is 5.75 Å². The lowest BCUT2D eigenvalue weighted by Crippen LogP contribution is -2.23. The Hall–Kier alpha value is -1.02. The summed E-state index contributed by atoms with van der Waals surface area (Å²) in [6, 6.07) is 4.11. The quantitative estimate of drug-likeness (QED) is 0.820. The number of nitrogens with two attached hydrogens (primary N) is 1. The lowest BCUT2D eigenvalue weighted by Gasteiger charge is -2.30. The van der Waals surface area contributed by atoms with E-state index in [0.29, 0.717) is 11.7 Å². The van der Waals surface area contributed by atoms with Gasteiger partial charge in [-0.3, -0.25) is 0 Å². The first-order chi connectivity index (χ1) is 9.39. The molecular formula is C19H33NO. The standard InChI is InChI=1S/C19H33NO/c1-9-12(2)16(20)14-10-13(18(3,4)5)11-15(17(14)21)19(6,7)8/h10-12,16,21H,9,20H2,1-8H3/t12?,16-/m1/s1. The first-order valence-corrected chi connectivity index (χ1v) is 8.03. The summed E-state index contributed by atoms with van der Waals surface area (Å²) >= 11 is 0. The van der Waals surface area contributed by atoms with Gasteiger partial charge in [0.25, 0.3) is 0 Å². The first kappa shape index (κ1) is 18.0. The highest BCUT2D eigenvalue weighted by Gasteiger charge is 2.27. The molecule has 0 amide bonds. The molecule has 0 radical (unpaired) electrons. The van der Waals surface area contributed by atoms with Crippen LogP contribution in [-0.4, -0.2) is 5.11 Å². The van der Waals surface area contributed by atoms with Crippen LogP contribution in [0.1, 0.15) is 84.5 Å². The number of phenols is 1. The number of phenolic OH excluding ortho intramolecular Hbond substituents is 1. The van der Waals surface area contributed by atoms with E-state index >= 15 is 0 Å². The van der Waals surface area contributed by atoms with Gasteiger partial charge in [-0.25, -0.2) is 0 Å².